The number of amides is 2. The number of hydrogen-bond acceptors (Lipinski definition) is 5. The Kier molecular flexibility index (Phi) is 9.21. The summed E-state index contributed by atoms with van der Waals surface area (Å²) in [7, 11) is -4.05. The van der Waals surface area contributed by atoms with Crippen LogP contribution in [0.1, 0.15) is 34.0 Å². The molecule has 0 saturated carbocycles. The van der Waals surface area contributed by atoms with E-state index in [0.29, 0.717) is 33.2 Å². The van der Waals surface area contributed by atoms with Gasteiger partial charge in [-0.3, -0.25) is 13.9 Å². The van der Waals surface area contributed by atoms with Gasteiger partial charge in [0.15, 0.2) is 0 Å². The molecular weight excluding hydrogens is 560 g/mol. The van der Waals surface area contributed by atoms with Crippen molar-refractivity contribution in [1.29, 1.82) is 0 Å². The third-order valence-corrected chi connectivity index (χ3v) is 8.45. The van der Waals surface area contributed by atoms with Crippen LogP contribution in [0.3, 0.4) is 0 Å². The normalized spacial score (nSPS) is 11.6. The van der Waals surface area contributed by atoms with E-state index in [4.69, 9.17) is 11.6 Å². The Balaban J connectivity index is 1.52. The van der Waals surface area contributed by atoms with Gasteiger partial charge >= 0.3 is 0 Å². The lowest BCUT2D eigenvalue weighted by molar-refractivity contribution is -0.119. The van der Waals surface area contributed by atoms with Gasteiger partial charge < -0.3 is 5.32 Å². The number of nitrogens with zero attached hydrogens (tertiary/aromatic N) is 2. The molecule has 0 radical (unpaired) electrons. The van der Waals surface area contributed by atoms with Gasteiger partial charge in [-0.15, -0.1) is 0 Å². The number of hydrogen-bond donors (Lipinski definition) is 2. The Hall–Kier alpha value is -4.47. The van der Waals surface area contributed by atoms with E-state index in [2.05, 4.69) is 15.8 Å². The van der Waals surface area contributed by atoms with E-state index in [0.717, 1.165) is 15.4 Å². The fourth-order valence-corrected chi connectivity index (χ4v) is 5.75. The molecule has 10 heteroatoms. The maximum absolute atomic E-state index is 13.6. The van der Waals surface area contributed by atoms with Gasteiger partial charge in [-0.05, 0) is 86.0 Å². The first-order chi connectivity index (χ1) is 19.6. The lowest BCUT2D eigenvalue weighted by Crippen LogP contribution is -2.40. The Bertz CT molecular complexity index is 1720. The molecule has 0 saturated heterocycles. The molecule has 0 heterocycles. The number of nitrogens with one attached hydrogen (secondary N) is 2. The van der Waals surface area contributed by atoms with E-state index in [1.807, 2.05) is 19.9 Å². The maximum Gasteiger partial charge on any atom is 0.264 e. The summed E-state index contributed by atoms with van der Waals surface area (Å²) in [4.78, 5) is 25.7. The summed E-state index contributed by atoms with van der Waals surface area (Å²) in [6.45, 7) is 4.91. The van der Waals surface area contributed by atoms with Crippen LogP contribution in [-0.2, 0) is 14.8 Å². The molecule has 4 aromatic carbocycles. The summed E-state index contributed by atoms with van der Waals surface area (Å²) in [5.41, 5.74) is 6.58. The molecule has 0 aliphatic carbocycles. The third kappa shape index (κ3) is 7.19. The summed E-state index contributed by atoms with van der Waals surface area (Å²) in [5.74, 6) is -0.936. The highest BCUT2D eigenvalue weighted by molar-refractivity contribution is 7.92. The highest BCUT2D eigenvalue weighted by Crippen LogP contribution is 2.28. The van der Waals surface area contributed by atoms with E-state index in [-0.39, 0.29) is 10.8 Å². The highest BCUT2D eigenvalue weighted by atomic mass is 35.5. The predicted molar refractivity (Wildman–Crippen MR) is 163 cm³/mol. The first kappa shape index (κ1) is 29.5. The third-order valence-electron chi connectivity index (χ3n) is 6.44. The van der Waals surface area contributed by atoms with Gasteiger partial charge in [-0.2, -0.15) is 5.10 Å². The molecule has 4 aromatic rings. The average molecular weight is 589 g/mol. The molecule has 0 bridgehead atoms. The van der Waals surface area contributed by atoms with E-state index in [1.165, 1.54) is 12.1 Å². The number of carbonyl (C=O) groups is 2. The van der Waals surface area contributed by atoms with Crippen molar-refractivity contribution in [3.8, 4) is 0 Å². The van der Waals surface area contributed by atoms with Crippen LogP contribution in [0.15, 0.2) is 107 Å². The lowest BCUT2D eigenvalue weighted by Gasteiger charge is -2.26. The number of halogens is 1. The van der Waals surface area contributed by atoms with Crippen molar-refractivity contribution in [2.75, 3.05) is 16.2 Å². The highest BCUT2D eigenvalue weighted by Gasteiger charge is 2.28. The standard InChI is InChI=1S/C31H29ClN4O4S/c1-21-10-7-17-29(22(21)2)36(41(39,40)28-15-5-4-6-16-28)20-30(37)35-34-23(3)24-11-9-14-27(19-24)33-31(38)25-12-8-13-26(32)18-25/h4-19H,20H2,1-3H3,(H,33,38)(H,35,37)/b34-23-. The van der Waals surface area contributed by atoms with Crippen molar-refractivity contribution < 1.29 is 18.0 Å². The fourth-order valence-electron chi connectivity index (χ4n) is 4.06. The molecule has 0 aromatic heterocycles. The van der Waals surface area contributed by atoms with Crippen molar-refractivity contribution >= 4 is 50.5 Å². The van der Waals surface area contributed by atoms with Crippen LogP contribution in [0.5, 0.6) is 0 Å². The number of rotatable bonds is 9. The van der Waals surface area contributed by atoms with Gasteiger partial charge in [0, 0.05) is 16.3 Å². The second-order valence-corrected chi connectivity index (χ2v) is 11.6. The predicted octanol–water partition coefficient (Wildman–Crippen LogP) is 5.94. The summed E-state index contributed by atoms with van der Waals surface area (Å²) < 4.78 is 28.3. The number of sulfonamides is 1. The van der Waals surface area contributed by atoms with E-state index < -0.39 is 22.5 Å². The second-order valence-electron chi connectivity index (χ2n) is 9.32. The summed E-state index contributed by atoms with van der Waals surface area (Å²) >= 11 is 5.99. The Morgan fingerprint density at radius 2 is 1.54 bits per heavy atom. The maximum atomic E-state index is 13.6. The van der Waals surface area contributed by atoms with E-state index in [1.54, 1.807) is 85.8 Å². The lowest BCUT2D eigenvalue weighted by atomic mass is 10.1. The number of carbonyl (C=O) groups excluding carboxylic acids is 2. The molecule has 0 aliphatic heterocycles. The van der Waals surface area contributed by atoms with Crippen molar-refractivity contribution in [1.82, 2.24) is 5.43 Å². The zero-order chi connectivity index (χ0) is 29.6. The smallest absolute Gasteiger partial charge is 0.264 e. The minimum Gasteiger partial charge on any atom is -0.322 e. The molecule has 4 rings (SSSR count). The van der Waals surface area contributed by atoms with Crippen LogP contribution in [-0.4, -0.2) is 32.5 Å². The molecule has 0 aliphatic rings. The molecular formula is C31H29ClN4O4S. The SMILES string of the molecule is C/C(=N/NC(=O)CN(c1cccc(C)c1C)S(=O)(=O)c1ccccc1)c1cccc(NC(=O)c2cccc(Cl)c2)c1. The number of anilines is 2. The molecule has 8 nitrogen and oxygen atoms in total. The first-order valence-corrected chi connectivity index (χ1v) is 14.5. The molecule has 0 unspecified atom stereocenters. The monoisotopic (exact) mass is 588 g/mol. The number of hydrazone groups is 1. The van der Waals surface area contributed by atoms with Crippen molar-refractivity contribution in [3.63, 3.8) is 0 Å². The zero-order valence-corrected chi connectivity index (χ0v) is 24.3. The van der Waals surface area contributed by atoms with Gasteiger partial charge in [0.05, 0.1) is 16.3 Å². The van der Waals surface area contributed by atoms with E-state index >= 15 is 0 Å². The first-order valence-electron chi connectivity index (χ1n) is 12.7. The molecule has 2 N–H and O–H groups in total. The van der Waals surface area contributed by atoms with Crippen molar-refractivity contribution in [3.05, 3.63) is 124 Å². The topological polar surface area (TPSA) is 108 Å². The second kappa shape index (κ2) is 12.8. The Morgan fingerprint density at radius 3 is 2.27 bits per heavy atom. The largest absolute Gasteiger partial charge is 0.322 e. The van der Waals surface area contributed by atoms with Crippen LogP contribution < -0.4 is 15.0 Å². The molecule has 0 spiro atoms. The van der Waals surface area contributed by atoms with Crippen LogP contribution >= 0.6 is 11.6 Å². The minimum atomic E-state index is -4.05. The summed E-state index contributed by atoms with van der Waals surface area (Å²) in [5, 5.41) is 7.47. The summed E-state index contributed by atoms with van der Waals surface area (Å²) in [6, 6.07) is 26.9. The molecule has 0 atom stereocenters. The Morgan fingerprint density at radius 1 is 0.854 bits per heavy atom. The molecule has 0 fully saturated rings. The summed E-state index contributed by atoms with van der Waals surface area (Å²) in [6.07, 6.45) is 0. The molecule has 41 heavy (non-hydrogen) atoms. The molecule has 210 valence electrons. The quantitative estimate of drug-likeness (QED) is 0.186. The van der Waals surface area contributed by atoms with Gasteiger partial charge in [-0.25, -0.2) is 13.8 Å². The van der Waals surface area contributed by atoms with Gasteiger partial charge in [0.1, 0.15) is 6.54 Å². The molecule has 2 amide bonds. The van der Waals surface area contributed by atoms with Gasteiger partial charge in [0.25, 0.3) is 21.8 Å². The minimum absolute atomic E-state index is 0.0741. The van der Waals surface area contributed by atoms with Gasteiger partial charge in [-0.1, -0.05) is 60.1 Å². The number of aryl methyl sites for hydroxylation is 1. The van der Waals surface area contributed by atoms with Crippen LogP contribution in [0.25, 0.3) is 0 Å². The average Bonchev–Trinajstić information content (AvgIpc) is 2.97. The van der Waals surface area contributed by atoms with Crippen LogP contribution in [0.2, 0.25) is 5.02 Å². The van der Waals surface area contributed by atoms with Crippen LogP contribution in [0, 0.1) is 13.8 Å². The van der Waals surface area contributed by atoms with Crippen molar-refractivity contribution in [2.24, 2.45) is 5.10 Å². The fraction of sp³-hybridized carbons (Fsp3) is 0.129. The number of benzene rings is 4. The van der Waals surface area contributed by atoms with Crippen LogP contribution in [0.4, 0.5) is 11.4 Å². The zero-order valence-electron chi connectivity index (χ0n) is 22.8. The van der Waals surface area contributed by atoms with Crippen molar-refractivity contribution in [2.45, 2.75) is 25.7 Å². The van der Waals surface area contributed by atoms with E-state index in [9.17, 15) is 18.0 Å². The Labute approximate surface area is 244 Å². The van der Waals surface area contributed by atoms with Gasteiger partial charge in [0.2, 0.25) is 0 Å².